The van der Waals surface area contributed by atoms with Crippen molar-refractivity contribution in [3.05, 3.63) is 47.5 Å². The Morgan fingerprint density at radius 3 is 1.86 bits per heavy atom. The molecule has 120 valence electrons. The average molecular weight is 296 g/mol. The third-order valence-electron chi connectivity index (χ3n) is 6.27. The van der Waals surface area contributed by atoms with E-state index in [1.165, 1.54) is 56.9 Å². The van der Waals surface area contributed by atoms with Crippen LogP contribution in [0.2, 0.25) is 0 Å². The summed E-state index contributed by atoms with van der Waals surface area (Å²) in [4.78, 5) is 0. The van der Waals surface area contributed by atoms with Gasteiger partial charge >= 0.3 is 0 Å². The first-order valence-corrected chi connectivity index (χ1v) is 9.45. The minimum Gasteiger partial charge on any atom is -0.0914 e. The van der Waals surface area contributed by atoms with E-state index >= 15 is 0 Å². The van der Waals surface area contributed by atoms with E-state index in [0.717, 1.165) is 23.7 Å². The first-order chi connectivity index (χ1) is 10.8. The molecule has 2 aliphatic rings. The van der Waals surface area contributed by atoms with Gasteiger partial charge in [-0.15, -0.1) is 0 Å². The first-order valence-electron chi connectivity index (χ1n) is 9.45. The Balaban J connectivity index is 1.49. The van der Waals surface area contributed by atoms with Crippen LogP contribution in [0.1, 0.15) is 75.3 Å². The van der Waals surface area contributed by atoms with Gasteiger partial charge in [-0.3, -0.25) is 0 Å². The first kappa shape index (κ1) is 15.8. The standard InChI is InChI=1S/C22H32/c1-3-4-18-7-11-20(12-8-18)22-15-13-21(14-16-22)19-9-5-17(2)6-10-19/h3-6,9-10,18,20-22H,7-8,11-16H2,1-2H3/b4-3-. The summed E-state index contributed by atoms with van der Waals surface area (Å²) in [5.41, 5.74) is 2.97. The fraction of sp³-hybridized carbons (Fsp3) is 0.636. The topological polar surface area (TPSA) is 0 Å². The molecule has 2 saturated carbocycles. The summed E-state index contributed by atoms with van der Waals surface area (Å²) in [7, 11) is 0. The zero-order chi connectivity index (χ0) is 15.4. The molecule has 1 aromatic carbocycles. The molecule has 0 nitrogen and oxygen atoms in total. The lowest BCUT2D eigenvalue weighted by atomic mass is 9.68. The van der Waals surface area contributed by atoms with E-state index in [0.29, 0.717) is 0 Å². The summed E-state index contributed by atoms with van der Waals surface area (Å²) in [6.07, 6.45) is 16.3. The maximum atomic E-state index is 2.44. The molecule has 3 rings (SSSR count). The van der Waals surface area contributed by atoms with Crippen molar-refractivity contribution in [3.8, 4) is 0 Å². The Morgan fingerprint density at radius 2 is 1.32 bits per heavy atom. The van der Waals surface area contributed by atoms with Crippen LogP contribution in [0.25, 0.3) is 0 Å². The highest BCUT2D eigenvalue weighted by Crippen LogP contribution is 2.44. The summed E-state index contributed by atoms with van der Waals surface area (Å²) < 4.78 is 0. The fourth-order valence-electron chi connectivity index (χ4n) is 4.84. The molecule has 0 radical (unpaired) electrons. The Kier molecular flexibility index (Phi) is 5.39. The molecule has 0 N–H and O–H groups in total. The van der Waals surface area contributed by atoms with Crippen LogP contribution in [-0.2, 0) is 0 Å². The predicted octanol–water partition coefficient (Wildman–Crippen LogP) is 6.65. The van der Waals surface area contributed by atoms with Crippen molar-refractivity contribution in [3.63, 3.8) is 0 Å². The third kappa shape index (κ3) is 3.83. The van der Waals surface area contributed by atoms with Gasteiger partial charge in [0.15, 0.2) is 0 Å². The number of aryl methyl sites for hydroxylation is 1. The Morgan fingerprint density at radius 1 is 0.773 bits per heavy atom. The SMILES string of the molecule is C/C=C\C1CCC(C2CCC(c3ccc(C)cc3)CC2)CC1. The van der Waals surface area contributed by atoms with Crippen molar-refractivity contribution in [1.29, 1.82) is 0 Å². The van der Waals surface area contributed by atoms with Crippen molar-refractivity contribution in [2.75, 3.05) is 0 Å². The molecular formula is C22H32. The van der Waals surface area contributed by atoms with Crippen LogP contribution in [0.15, 0.2) is 36.4 Å². The summed E-state index contributed by atoms with van der Waals surface area (Å²) >= 11 is 0. The fourth-order valence-corrected chi connectivity index (χ4v) is 4.84. The van der Waals surface area contributed by atoms with E-state index in [1.54, 1.807) is 5.56 Å². The van der Waals surface area contributed by atoms with E-state index in [1.807, 2.05) is 0 Å². The van der Waals surface area contributed by atoms with Crippen molar-refractivity contribution in [2.45, 2.75) is 71.1 Å². The van der Waals surface area contributed by atoms with Gasteiger partial charge in [0.25, 0.3) is 0 Å². The largest absolute Gasteiger partial charge is 0.0914 e. The number of rotatable bonds is 3. The summed E-state index contributed by atoms with van der Waals surface area (Å²) in [6, 6.07) is 9.29. The number of allylic oxidation sites excluding steroid dienone is 2. The molecule has 0 amide bonds. The molecule has 0 bridgehead atoms. The molecule has 0 unspecified atom stereocenters. The molecule has 0 atom stereocenters. The number of hydrogen-bond donors (Lipinski definition) is 0. The highest BCUT2D eigenvalue weighted by atomic mass is 14.4. The van der Waals surface area contributed by atoms with Crippen LogP contribution in [0.3, 0.4) is 0 Å². The van der Waals surface area contributed by atoms with Crippen molar-refractivity contribution >= 4 is 0 Å². The van der Waals surface area contributed by atoms with Gasteiger partial charge in [0.1, 0.15) is 0 Å². The lowest BCUT2D eigenvalue weighted by molar-refractivity contribution is 0.171. The summed E-state index contributed by atoms with van der Waals surface area (Å²) in [5, 5.41) is 0. The molecule has 1 aromatic rings. The molecule has 0 heteroatoms. The van der Waals surface area contributed by atoms with Gasteiger partial charge in [-0.1, -0.05) is 42.0 Å². The summed E-state index contributed by atoms with van der Waals surface area (Å²) in [5.74, 6) is 3.76. The van der Waals surface area contributed by atoms with E-state index in [4.69, 9.17) is 0 Å². The van der Waals surface area contributed by atoms with Crippen LogP contribution in [0.5, 0.6) is 0 Å². The quantitative estimate of drug-likeness (QED) is 0.548. The van der Waals surface area contributed by atoms with Gasteiger partial charge in [0.05, 0.1) is 0 Å². The predicted molar refractivity (Wildman–Crippen MR) is 96.1 cm³/mol. The molecule has 0 aliphatic heterocycles. The van der Waals surface area contributed by atoms with Crippen LogP contribution < -0.4 is 0 Å². The monoisotopic (exact) mass is 296 g/mol. The maximum absolute atomic E-state index is 2.44. The highest BCUT2D eigenvalue weighted by Gasteiger charge is 2.30. The van der Waals surface area contributed by atoms with Gasteiger partial charge in [-0.05, 0) is 94.4 Å². The second-order valence-corrected chi connectivity index (χ2v) is 7.72. The lowest BCUT2D eigenvalue weighted by Crippen LogP contribution is -2.25. The Bertz CT molecular complexity index is 465. The van der Waals surface area contributed by atoms with Gasteiger partial charge in [0.2, 0.25) is 0 Å². The molecule has 0 aromatic heterocycles. The Labute approximate surface area is 137 Å². The normalized spacial score (nSPS) is 33.2. The third-order valence-corrected chi connectivity index (χ3v) is 6.27. The van der Waals surface area contributed by atoms with Crippen molar-refractivity contribution in [1.82, 2.24) is 0 Å². The van der Waals surface area contributed by atoms with Crippen LogP contribution in [-0.4, -0.2) is 0 Å². The molecule has 0 spiro atoms. The number of hydrogen-bond acceptors (Lipinski definition) is 0. The van der Waals surface area contributed by atoms with E-state index in [9.17, 15) is 0 Å². The second-order valence-electron chi connectivity index (χ2n) is 7.72. The molecule has 22 heavy (non-hydrogen) atoms. The molecule has 0 saturated heterocycles. The van der Waals surface area contributed by atoms with Crippen molar-refractivity contribution < 1.29 is 0 Å². The zero-order valence-electron chi connectivity index (χ0n) is 14.4. The van der Waals surface area contributed by atoms with Crippen LogP contribution >= 0.6 is 0 Å². The summed E-state index contributed by atoms with van der Waals surface area (Å²) in [6.45, 7) is 4.35. The maximum Gasteiger partial charge on any atom is -0.0162 e. The smallest absolute Gasteiger partial charge is 0.0162 e. The second kappa shape index (κ2) is 7.49. The molecular weight excluding hydrogens is 264 g/mol. The molecule has 0 heterocycles. The van der Waals surface area contributed by atoms with Gasteiger partial charge in [-0.2, -0.15) is 0 Å². The average Bonchev–Trinajstić information content (AvgIpc) is 2.57. The van der Waals surface area contributed by atoms with Gasteiger partial charge in [-0.25, -0.2) is 0 Å². The van der Waals surface area contributed by atoms with Crippen molar-refractivity contribution in [2.24, 2.45) is 17.8 Å². The van der Waals surface area contributed by atoms with E-state index < -0.39 is 0 Å². The zero-order valence-corrected chi connectivity index (χ0v) is 14.4. The van der Waals surface area contributed by atoms with Gasteiger partial charge in [0, 0.05) is 0 Å². The van der Waals surface area contributed by atoms with E-state index in [-0.39, 0.29) is 0 Å². The van der Waals surface area contributed by atoms with Crippen LogP contribution in [0, 0.1) is 24.7 Å². The number of benzene rings is 1. The minimum absolute atomic E-state index is 0.830. The molecule has 2 aliphatic carbocycles. The van der Waals surface area contributed by atoms with E-state index in [2.05, 4.69) is 50.3 Å². The van der Waals surface area contributed by atoms with Gasteiger partial charge < -0.3 is 0 Å². The van der Waals surface area contributed by atoms with Crippen LogP contribution in [0.4, 0.5) is 0 Å². The lowest BCUT2D eigenvalue weighted by Gasteiger charge is -2.37. The Hall–Kier alpha value is -1.04. The highest BCUT2D eigenvalue weighted by molar-refractivity contribution is 5.24. The molecule has 2 fully saturated rings. The minimum atomic E-state index is 0.830.